The molecule has 2 amide bonds. The fourth-order valence-corrected chi connectivity index (χ4v) is 4.56. The number of carbonyl (C=O) groups is 4. The van der Waals surface area contributed by atoms with E-state index < -0.39 is 29.3 Å². The summed E-state index contributed by atoms with van der Waals surface area (Å²) in [7, 11) is 0. The lowest BCUT2D eigenvalue weighted by atomic mass is 10.0. The van der Waals surface area contributed by atoms with Crippen LogP contribution in [0, 0.1) is 0 Å². The van der Waals surface area contributed by atoms with Gasteiger partial charge in [-0.3, -0.25) is 14.5 Å². The first-order chi connectivity index (χ1) is 14.3. The third kappa shape index (κ3) is 4.73. The van der Waals surface area contributed by atoms with Gasteiger partial charge in [0.25, 0.3) is 5.91 Å². The number of nitrogens with zero attached hydrogens (tertiary/aromatic N) is 1. The standard InChI is InChI=1S/C21H22N2O6S/c1-12(2)8-16(25)29-10-14-11-30-20-17(19(26)23(20)18(14)21(27)28)22-15(24)9-13-6-4-3-5-7-13/h3-8,17,20H,9-11H2,1-2H3,(H,22,24)(H,27,28)/t17-,20-/m1/s1. The number of esters is 1. The molecule has 8 nitrogen and oxygen atoms in total. The molecule has 2 N–H and O–H groups in total. The van der Waals surface area contributed by atoms with Crippen molar-refractivity contribution in [3.8, 4) is 0 Å². The molecule has 1 fully saturated rings. The molecule has 0 radical (unpaired) electrons. The van der Waals surface area contributed by atoms with Gasteiger partial charge in [-0.15, -0.1) is 11.8 Å². The van der Waals surface area contributed by atoms with Gasteiger partial charge in [-0.05, 0) is 19.4 Å². The van der Waals surface area contributed by atoms with Gasteiger partial charge in [-0.1, -0.05) is 35.9 Å². The average Bonchev–Trinajstić information content (AvgIpc) is 2.69. The predicted molar refractivity (Wildman–Crippen MR) is 110 cm³/mol. The van der Waals surface area contributed by atoms with Crippen LogP contribution >= 0.6 is 11.8 Å². The van der Waals surface area contributed by atoms with Gasteiger partial charge in [-0.2, -0.15) is 0 Å². The Kier molecular flexibility index (Phi) is 6.61. The highest BCUT2D eigenvalue weighted by atomic mass is 32.2. The summed E-state index contributed by atoms with van der Waals surface area (Å²) in [5.41, 5.74) is 1.75. The van der Waals surface area contributed by atoms with Crippen LogP contribution in [0.2, 0.25) is 0 Å². The summed E-state index contributed by atoms with van der Waals surface area (Å²) >= 11 is 1.33. The van der Waals surface area contributed by atoms with Crippen molar-refractivity contribution in [1.82, 2.24) is 10.2 Å². The zero-order valence-electron chi connectivity index (χ0n) is 16.6. The van der Waals surface area contributed by atoms with Crippen molar-refractivity contribution in [3.05, 3.63) is 58.8 Å². The Morgan fingerprint density at radius 3 is 2.60 bits per heavy atom. The van der Waals surface area contributed by atoms with Crippen LogP contribution in [0.25, 0.3) is 0 Å². The number of benzene rings is 1. The first kappa shape index (κ1) is 21.6. The monoisotopic (exact) mass is 430 g/mol. The minimum atomic E-state index is -1.27. The molecule has 2 heterocycles. The fraction of sp³-hybridized carbons (Fsp3) is 0.333. The van der Waals surface area contributed by atoms with Crippen LogP contribution in [-0.2, 0) is 30.3 Å². The minimum Gasteiger partial charge on any atom is -0.477 e. The molecule has 30 heavy (non-hydrogen) atoms. The van der Waals surface area contributed by atoms with Gasteiger partial charge in [0.05, 0.1) is 6.42 Å². The van der Waals surface area contributed by atoms with Crippen LogP contribution in [-0.4, -0.2) is 57.5 Å². The van der Waals surface area contributed by atoms with E-state index >= 15 is 0 Å². The molecule has 0 bridgehead atoms. The molecule has 9 heteroatoms. The number of β-lactam (4-membered cyclic amide) rings is 1. The second-order valence-electron chi connectivity index (χ2n) is 7.20. The van der Waals surface area contributed by atoms with Crippen molar-refractivity contribution in [3.63, 3.8) is 0 Å². The molecule has 2 aliphatic heterocycles. The molecule has 2 atom stereocenters. The lowest BCUT2D eigenvalue weighted by Crippen LogP contribution is -2.70. The lowest BCUT2D eigenvalue weighted by Gasteiger charge is -2.49. The van der Waals surface area contributed by atoms with E-state index in [1.54, 1.807) is 13.8 Å². The number of carboxylic acid groups (broad SMARTS) is 1. The molecule has 0 aromatic heterocycles. The van der Waals surface area contributed by atoms with E-state index in [9.17, 15) is 24.3 Å². The van der Waals surface area contributed by atoms with Crippen molar-refractivity contribution in [2.75, 3.05) is 12.4 Å². The Balaban J connectivity index is 1.67. The number of carbonyl (C=O) groups excluding carboxylic acids is 3. The molecule has 0 spiro atoms. The largest absolute Gasteiger partial charge is 0.477 e. The molecule has 3 rings (SSSR count). The molecule has 158 valence electrons. The van der Waals surface area contributed by atoms with E-state index in [0.717, 1.165) is 16.0 Å². The highest BCUT2D eigenvalue weighted by Gasteiger charge is 2.54. The maximum atomic E-state index is 12.6. The highest BCUT2D eigenvalue weighted by Crippen LogP contribution is 2.40. The van der Waals surface area contributed by atoms with Crippen molar-refractivity contribution in [2.45, 2.75) is 31.7 Å². The molecule has 0 unspecified atom stereocenters. The second-order valence-corrected chi connectivity index (χ2v) is 8.31. The molecule has 1 aromatic carbocycles. The van der Waals surface area contributed by atoms with Gasteiger partial charge in [-0.25, -0.2) is 9.59 Å². The number of amides is 2. The topological polar surface area (TPSA) is 113 Å². The summed E-state index contributed by atoms with van der Waals surface area (Å²) in [5, 5.41) is 11.8. The van der Waals surface area contributed by atoms with Gasteiger partial charge in [0.15, 0.2) is 0 Å². The van der Waals surface area contributed by atoms with Crippen molar-refractivity contribution in [1.29, 1.82) is 0 Å². The molecule has 1 saturated heterocycles. The number of fused-ring (bicyclic) bond motifs is 1. The Labute approximate surface area is 178 Å². The van der Waals surface area contributed by atoms with E-state index in [1.807, 2.05) is 30.3 Å². The predicted octanol–water partition coefficient (Wildman–Crippen LogP) is 1.48. The van der Waals surface area contributed by atoms with Gasteiger partial charge in [0.1, 0.15) is 23.7 Å². The molecule has 0 aliphatic carbocycles. The van der Waals surface area contributed by atoms with Crippen LogP contribution in [0.3, 0.4) is 0 Å². The smallest absolute Gasteiger partial charge is 0.352 e. The van der Waals surface area contributed by atoms with E-state index in [4.69, 9.17) is 4.74 Å². The van der Waals surface area contributed by atoms with Gasteiger partial charge in [0, 0.05) is 17.4 Å². The number of aliphatic carboxylic acids is 1. The van der Waals surface area contributed by atoms with Crippen LogP contribution < -0.4 is 5.32 Å². The number of nitrogens with one attached hydrogen (secondary N) is 1. The quantitative estimate of drug-likeness (QED) is 0.383. The molecule has 1 aromatic rings. The van der Waals surface area contributed by atoms with Crippen LogP contribution in [0.4, 0.5) is 0 Å². The highest BCUT2D eigenvalue weighted by molar-refractivity contribution is 8.00. The summed E-state index contributed by atoms with van der Waals surface area (Å²) in [4.78, 5) is 49.6. The number of hydrogen-bond donors (Lipinski definition) is 2. The maximum Gasteiger partial charge on any atom is 0.352 e. The third-order valence-electron chi connectivity index (χ3n) is 4.57. The zero-order valence-corrected chi connectivity index (χ0v) is 17.4. The molecule has 2 aliphatic rings. The Morgan fingerprint density at radius 1 is 1.27 bits per heavy atom. The first-order valence-electron chi connectivity index (χ1n) is 9.33. The van der Waals surface area contributed by atoms with Gasteiger partial charge in [0.2, 0.25) is 5.91 Å². The third-order valence-corrected chi connectivity index (χ3v) is 5.91. The van der Waals surface area contributed by atoms with Gasteiger partial charge < -0.3 is 15.2 Å². The van der Waals surface area contributed by atoms with Crippen LogP contribution in [0.15, 0.2) is 53.3 Å². The van der Waals surface area contributed by atoms with E-state index in [2.05, 4.69) is 5.32 Å². The molecule has 0 saturated carbocycles. The van der Waals surface area contributed by atoms with Crippen molar-refractivity contribution in [2.24, 2.45) is 0 Å². The molecular weight excluding hydrogens is 408 g/mol. The number of carboxylic acids is 1. The van der Waals surface area contributed by atoms with E-state index in [-0.39, 0.29) is 30.4 Å². The number of rotatable bonds is 7. The SMILES string of the molecule is CC(C)=CC(=O)OCC1=C(C(=O)O)N2C(=O)[C@@H](NC(=O)Cc3ccccc3)[C@H]2SC1. The minimum absolute atomic E-state index is 0.134. The second kappa shape index (κ2) is 9.17. The summed E-state index contributed by atoms with van der Waals surface area (Å²) in [6.45, 7) is 3.28. The maximum absolute atomic E-state index is 12.6. The number of thioether (sulfide) groups is 1. The van der Waals surface area contributed by atoms with E-state index in [1.165, 1.54) is 17.8 Å². The number of ether oxygens (including phenoxy) is 1. The summed E-state index contributed by atoms with van der Waals surface area (Å²) in [5.74, 6) is -2.35. The fourth-order valence-electron chi connectivity index (χ4n) is 3.24. The zero-order chi connectivity index (χ0) is 21.8. The number of hydrogen-bond acceptors (Lipinski definition) is 6. The normalized spacial score (nSPS) is 20.1. The van der Waals surface area contributed by atoms with Crippen LogP contribution in [0.1, 0.15) is 19.4 Å². The van der Waals surface area contributed by atoms with Crippen molar-refractivity contribution < 1.29 is 29.0 Å². The van der Waals surface area contributed by atoms with Crippen molar-refractivity contribution >= 4 is 35.5 Å². The molecular formula is C21H22N2O6S. The summed E-state index contributed by atoms with van der Waals surface area (Å²) in [6.07, 6.45) is 1.45. The number of allylic oxidation sites excluding steroid dienone is 1. The summed E-state index contributed by atoms with van der Waals surface area (Å²) in [6, 6.07) is 8.35. The first-order valence-corrected chi connectivity index (χ1v) is 10.4. The lowest BCUT2D eigenvalue weighted by molar-refractivity contribution is -0.150. The average molecular weight is 430 g/mol. The Morgan fingerprint density at radius 2 is 1.97 bits per heavy atom. The van der Waals surface area contributed by atoms with Crippen LogP contribution in [0.5, 0.6) is 0 Å². The Hall–Kier alpha value is -3.07. The summed E-state index contributed by atoms with van der Waals surface area (Å²) < 4.78 is 5.12. The van der Waals surface area contributed by atoms with E-state index in [0.29, 0.717) is 5.57 Å². The Bertz CT molecular complexity index is 936. The van der Waals surface area contributed by atoms with Gasteiger partial charge >= 0.3 is 11.9 Å².